The topological polar surface area (TPSA) is 66.5 Å². The molecule has 0 atom stereocenters. The van der Waals surface area contributed by atoms with Crippen molar-refractivity contribution in [2.75, 3.05) is 10.8 Å². The molecule has 1 amide bonds. The number of amides is 1. The minimum absolute atomic E-state index is 0.130. The van der Waals surface area contributed by atoms with Crippen LogP contribution in [-0.2, 0) is 14.8 Å². The van der Waals surface area contributed by atoms with E-state index in [-0.39, 0.29) is 23.4 Å². The summed E-state index contributed by atoms with van der Waals surface area (Å²) >= 11 is 0. The number of benzene rings is 2. The maximum atomic E-state index is 13.4. The Morgan fingerprint density at radius 1 is 0.966 bits per heavy atom. The molecular formula is C23H30N2O3S. The zero-order valence-corrected chi connectivity index (χ0v) is 18.0. The molecule has 2 aromatic carbocycles. The lowest BCUT2D eigenvalue weighted by Crippen LogP contribution is -2.44. The molecule has 1 aliphatic rings. The van der Waals surface area contributed by atoms with E-state index in [9.17, 15) is 13.2 Å². The molecule has 1 saturated carbocycles. The quantitative estimate of drug-likeness (QED) is 0.715. The average Bonchev–Trinajstić information content (AvgIpc) is 2.94. The fourth-order valence-electron chi connectivity index (χ4n) is 3.96. The highest BCUT2D eigenvalue weighted by molar-refractivity contribution is 7.92. The van der Waals surface area contributed by atoms with Gasteiger partial charge in [-0.25, -0.2) is 8.42 Å². The first-order valence-electron chi connectivity index (χ1n) is 10.3. The molecule has 1 fully saturated rings. The van der Waals surface area contributed by atoms with Crippen LogP contribution in [0.1, 0.15) is 49.7 Å². The number of sulfonamides is 1. The van der Waals surface area contributed by atoms with E-state index >= 15 is 0 Å². The first kappa shape index (κ1) is 21.4. The number of aryl methyl sites for hydroxylation is 2. The Balaban J connectivity index is 1.89. The molecule has 0 aliphatic heterocycles. The molecule has 156 valence electrons. The Kier molecular flexibility index (Phi) is 6.96. The number of carbonyl (C=O) groups excluding carboxylic acids is 1. The summed E-state index contributed by atoms with van der Waals surface area (Å²) < 4.78 is 28.0. The van der Waals surface area contributed by atoms with Crippen LogP contribution in [0.25, 0.3) is 0 Å². The molecule has 0 aromatic heterocycles. The van der Waals surface area contributed by atoms with E-state index < -0.39 is 10.0 Å². The van der Waals surface area contributed by atoms with Gasteiger partial charge < -0.3 is 5.32 Å². The molecule has 0 bridgehead atoms. The third-order valence-corrected chi connectivity index (χ3v) is 7.12. The highest BCUT2D eigenvalue weighted by Gasteiger charge is 2.28. The van der Waals surface area contributed by atoms with Crippen molar-refractivity contribution in [1.29, 1.82) is 0 Å². The number of carbonyl (C=O) groups is 1. The number of nitrogens with one attached hydrogen (secondary N) is 1. The van der Waals surface area contributed by atoms with Gasteiger partial charge in [0.25, 0.3) is 10.0 Å². The van der Waals surface area contributed by atoms with Crippen LogP contribution in [0.3, 0.4) is 0 Å². The average molecular weight is 415 g/mol. The lowest BCUT2D eigenvalue weighted by atomic mass is 10.1. The summed E-state index contributed by atoms with van der Waals surface area (Å²) in [5.74, 6) is -0.254. The summed E-state index contributed by atoms with van der Waals surface area (Å²) in [5.41, 5.74) is 2.43. The highest BCUT2D eigenvalue weighted by atomic mass is 32.2. The maximum Gasteiger partial charge on any atom is 0.264 e. The van der Waals surface area contributed by atoms with Crippen LogP contribution in [0.2, 0.25) is 0 Å². The third-order valence-electron chi connectivity index (χ3n) is 5.33. The Morgan fingerprint density at radius 2 is 1.55 bits per heavy atom. The Labute approximate surface area is 174 Å². The van der Waals surface area contributed by atoms with E-state index in [0.717, 1.165) is 36.8 Å². The molecule has 1 aliphatic carbocycles. The van der Waals surface area contributed by atoms with Crippen molar-refractivity contribution in [2.45, 2.75) is 63.3 Å². The van der Waals surface area contributed by atoms with Crippen LogP contribution in [0.4, 0.5) is 5.69 Å². The largest absolute Gasteiger partial charge is 0.352 e. The standard InChI is InChI=1S/C23H30N2O3S/c1-18-14-19(2)16-21(15-18)25(29(27,28)22-12-8-5-9-13-22)17-23(26)24-20-10-6-3-4-7-11-20/h5,8-9,12-16,20H,3-4,6-7,10-11,17H2,1-2H3,(H,24,26). The van der Waals surface area contributed by atoms with Crippen molar-refractivity contribution < 1.29 is 13.2 Å². The van der Waals surface area contributed by atoms with Gasteiger partial charge in [0.15, 0.2) is 0 Å². The monoisotopic (exact) mass is 414 g/mol. The Bertz CT molecular complexity index is 914. The smallest absolute Gasteiger partial charge is 0.264 e. The van der Waals surface area contributed by atoms with E-state index in [1.54, 1.807) is 30.3 Å². The minimum atomic E-state index is -3.86. The lowest BCUT2D eigenvalue weighted by molar-refractivity contribution is -0.120. The summed E-state index contributed by atoms with van der Waals surface area (Å²) in [7, 11) is -3.86. The molecule has 29 heavy (non-hydrogen) atoms. The van der Waals surface area contributed by atoms with E-state index in [1.807, 2.05) is 32.0 Å². The summed E-state index contributed by atoms with van der Waals surface area (Å²) in [4.78, 5) is 13.0. The van der Waals surface area contributed by atoms with Crippen LogP contribution in [0.15, 0.2) is 53.4 Å². The minimum Gasteiger partial charge on any atom is -0.352 e. The molecule has 0 heterocycles. The van der Waals surface area contributed by atoms with Gasteiger partial charge in [0.2, 0.25) is 5.91 Å². The van der Waals surface area contributed by atoms with Gasteiger partial charge in [-0.05, 0) is 62.1 Å². The van der Waals surface area contributed by atoms with Crippen molar-refractivity contribution in [1.82, 2.24) is 5.32 Å². The van der Waals surface area contributed by atoms with E-state index in [4.69, 9.17) is 0 Å². The molecule has 0 spiro atoms. The van der Waals surface area contributed by atoms with Crippen molar-refractivity contribution in [3.63, 3.8) is 0 Å². The van der Waals surface area contributed by atoms with Gasteiger partial charge in [-0.1, -0.05) is 49.9 Å². The van der Waals surface area contributed by atoms with Gasteiger partial charge in [-0.15, -0.1) is 0 Å². The van der Waals surface area contributed by atoms with Crippen LogP contribution in [0.5, 0.6) is 0 Å². The van der Waals surface area contributed by atoms with Crippen molar-refractivity contribution in [2.24, 2.45) is 0 Å². The van der Waals surface area contributed by atoms with E-state index in [0.29, 0.717) is 5.69 Å². The van der Waals surface area contributed by atoms with Crippen molar-refractivity contribution >= 4 is 21.6 Å². The third kappa shape index (κ3) is 5.60. The molecule has 1 N–H and O–H groups in total. The second-order valence-electron chi connectivity index (χ2n) is 7.93. The molecule has 6 heteroatoms. The second kappa shape index (κ2) is 9.44. The lowest BCUT2D eigenvalue weighted by Gasteiger charge is -2.26. The first-order valence-corrected chi connectivity index (χ1v) is 11.8. The fraction of sp³-hybridized carbons (Fsp3) is 0.435. The molecule has 5 nitrogen and oxygen atoms in total. The summed E-state index contributed by atoms with van der Waals surface area (Å²) in [6.07, 6.45) is 6.52. The Hall–Kier alpha value is -2.34. The second-order valence-corrected chi connectivity index (χ2v) is 9.79. The number of rotatable bonds is 6. The summed E-state index contributed by atoms with van der Waals surface area (Å²) in [5, 5.41) is 3.07. The summed E-state index contributed by atoms with van der Waals surface area (Å²) in [6.45, 7) is 3.63. The zero-order chi connectivity index (χ0) is 20.9. The molecule has 0 saturated heterocycles. The maximum absolute atomic E-state index is 13.4. The van der Waals surface area contributed by atoms with Gasteiger partial charge >= 0.3 is 0 Å². The van der Waals surface area contributed by atoms with Gasteiger partial charge in [-0.3, -0.25) is 9.10 Å². The van der Waals surface area contributed by atoms with E-state index in [2.05, 4.69) is 5.32 Å². The van der Waals surface area contributed by atoms with Crippen LogP contribution in [-0.4, -0.2) is 26.9 Å². The van der Waals surface area contributed by atoms with Gasteiger partial charge in [0, 0.05) is 6.04 Å². The van der Waals surface area contributed by atoms with Gasteiger partial charge in [0.1, 0.15) is 6.54 Å². The van der Waals surface area contributed by atoms with E-state index in [1.165, 1.54) is 17.1 Å². The summed E-state index contributed by atoms with van der Waals surface area (Å²) in [6, 6.07) is 14.0. The normalized spacial score (nSPS) is 15.5. The Morgan fingerprint density at radius 3 is 2.14 bits per heavy atom. The molecule has 3 rings (SSSR count). The number of anilines is 1. The molecular weight excluding hydrogens is 384 g/mol. The van der Waals surface area contributed by atoms with Gasteiger partial charge in [0.05, 0.1) is 10.6 Å². The highest BCUT2D eigenvalue weighted by Crippen LogP contribution is 2.26. The molecule has 0 unspecified atom stereocenters. The van der Waals surface area contributed by atoms with Gasteiger partial charge in [-0.2, -0.15) is 0 Å². The van der Waals surface area contributed by atoms with Crippen LogP contribution >= 0.6 is 0 Å². The SMILES string of the molecule is Cc1cc(C)cc(N(CC(=O)NC2CCCCCC2)S(=O)(=O)c2ccccc2)c1. The van der Waals surface area contributed by atoms with Crippen molar-refractivity contribution in [3.05, 3.63) is 59.7 Å². The van der Waals surface area contributed by atoms with Crippen LogP contribution < -0.4 is 9.62 Å². The number of hydrogen-bond donors (Lipinski definition) is 1. The molecule has 0 radical (unpaired) electrons. The zero-order valence-electron chi connectivity index (χ0n) is 17.2. The number of nitrogens with zero attached hydrogens (tertiary/aromatic N) is 1. The first-order chi connectivity index (χ1) is 13.9. The predicted molar refractivity (Wildman–Crippen MR) is 117 cm³/mol. The van der Waals surface area contributed by atoms with Crippen LogP contribution in [0, 0.1) is 13.8 Å². The predicted octanol–water partition coefficient (Wildman–Crippen LogP) is 4.34. The van der Waals surface area contributed by atoms with Crippen molar-refractivity contribution in [3.8, 4) is 0 Å². The number of hydrogen-bond acceptors (Lipinski definition) is 3. The molecule has 2 aromatic rings. The fourth-order valence-corrected chi connectivity index (χ4v) is 5.38.